The third-order valence-corrected chi connectivity index (χ3v) is 3.35. The number of hydrogen-bond donors (Lipinski definition) is 0. The summed E-state index contributed by atoms with van der Waals surface area (Å²) in [6.07, 6.45) is 2.57. The van der Waals surface area contributed by atoms with E-state index in [-0.39, 0.29) is 5.82 Å². The first-order valence-electron chi connectivity index (χ1n) is 6.14. The SMILES string of the molecule is N#Cc1cc(CN2CCc3ccc(F)cc32)ccn1. The van der Waals surface area contributed by atoms with Crippen LogP contribution >= 0.6 is 0 Å². The van der Waals surface area contributed by atoms with Crippen molar-refractivity contribution in [3.63, 3.8) is 0 Å². The molecule has 4 heteroatoms. The van der Waals surface area contributed by atoms with Crippen LogP contribution in [0.2, 0.25) is 0 Å². The first-order chi connectivity index (χ1) is 9.26. The molecule has 0 aliphatic carbocycles. The standard InChI is InChI=1S/C15H12FN3/c16-13-2-1-12-4-6-19(15(12)8-13)10-11-3-5-18-14(7-11)9-17/h1-3,5,7-8H,4,6,10H2. The highest BCUT2D eigenvalue weighted by molar-refractivity contribution is 5.58. The number of anilines is 1. The maximum Gasteiger partial charge on any atom is 0.140 e. The summed E-state index contributed by atoms with van der Waals surface area (Å²) in [6.45, 7) is 1.55. The van der Waals surface area contributed by atoms with Gasteiger partial charge in [-0.1, -0.05) is 6.07 Å². The molecule has 0 amide bonds. The molecule has 1 aromatic carbocycles. The lowest BCUT2D eigenvalue weighted by Gasteiger charge is -2.19. The summed E-state index contributed by atoms with van der Waals surface area (Å²) in [5.41, 5.74) is 3.56. The van der Waals surface area contributed by atoms with Gasteiger partial charge in [0.25, 0.3) is 0 Å². The zero-order valence-electron chi connectivity index (χ0n) is 10.3. The second-order valence-electron chi connectivity index (χ2n) is 4.61. The average Bonchev–Trinajstić information content (AvgIpc) is 2.81. The molecule has 0 unspecified atom stereocenters. The summed E-state index contributed by atoms with van der Waals surface area (Å²) in [7, 11) is 0. The van der Waals surface area contributed by atoms with Crippen LogP contribution in [0, 0.1) is 17.1 Å². The van der Waals surface area contributed by atoms with E-state index in [2.05, 4.69) is 9.88 Å². The smallest absolute Gasteiger partial charge is 0.140 e. The number of fused-ring (bicyclic) bond motifs is 1. The van der Waals surface area contributed by atoms with E-state index in [1.54, 1.807) is 18.3 Å². The molecule has 94 valence electrons. The van der Waals surface area contributed by atoms with E-state index in [0.717, 1.165) is 24.2 Å². The van der Waals surface area contributed by atoms with Crippen molar-refractivity contribution in [1.29, 1.82) is 5.26 Å². The fraction of sp³-hybridized carbons (Fsp3) is 0.200. The Kier molecular flexibility index (Phi) is 2.88. The highest BCUT2D eigenvalue weighted by Gasteiger charge is 2.19. The molecule has 0 fully saturated rings. The normalized spacial score (nSPS) is 13.2. The summed E-state index contributed by atoms with van der Waals surface area (Å²) in [5, 5.41) is 8.84. The Morgan fingerprint density at radius 1 is 1.32 bits per heavy atom. The van der Waals surface area contributed by atoms with Gasteiger partial charge in [-0.2, -0.15) is 5.26 Å². The Hall–Kier alpha value is -2.41. The van der Waals surface area contributed by atoms with E-state index in [9.17, 15) is 4.39 Å². The number of aromatic nitrogens is 1. The summed E-state index contributed by atoms with van der Waals surface area (Å²) in [4.78, 5) is 6.09. The molecule has 1 aromatic heterocycles. The zero-order valence-corrected chi connectivity index (χ0v) is 10.3. The molecule has 19 heavy (non-hydrogen) atoms. The van der Waals surface area contributed by atoms with Crippen molar-refractivity contribution >= 4 is 5.69 Å². The minimum absolute atomic E-state index is 0.210. The first kappa shape index (κ1) is 11.7. The van der Waals surface area contributed by atoms with Crippen LogP contribution in [0.4, 0.5) is 10.1 Å². The number of nitriles is 1. The van der Waals surface area contributed by atoms with Gasteiger partial charge in [-0.15, -0.1) is 0 Å². The molecule has 2 heterocycles. The Bertz CT molecular complexity index is 661. The van der Waals surface area contributed by atoms with Crippen LogP contribution < -0.4 is 4.90 Å². The number of rotatable bonds is 2. The van der Waals surface area contributed by atoms with E-state index in [1.165, 1.54) is 11.6 Å². The van der Waals surface area contributed by atoms with Gasteiger partial charge < -0.3 is 4.90 Å². The lowest BCUT2D eigenvalue weighted by Crippen LogP contribution is -2.19. The topological polar surface area (TPSA) is 39.9 Å². The van der Waals surface area contributed by atoms with Crippen LogP contribution in [0.1, 0.15) is 16.8 Å². The molecule has 0 bridgehead atoms. The molecule has 0 spiro atoms. The predicted molar refractivity (Wildman–Crippen MR) is 70.1 cm³/mol. The van der Waals surface area contributed by atoms with Gasteiger partial charge in [0.1, 0.15) is 17.6 Å². The summed E-state index contributed by atoms with van der Waals surface area (Å²) < 4.78 is 13.3. The molecule has 0 saturated heterocycles. The summed E-state index contributed by atoms with van der Waals surface area (Å²) in [5.74, 6) is -0.210. The molecule has 0 saturated carbocycles. The molecular weight excluding hydrogens is 241 g/mol. The van der Waals surface area contributed by atoms with Gasteiger partial charge >= 0.3 is 0 Å². The largest absolute Gasteiger partial charge is 0.367 e. The molecule has 0 atom stereocenters. The van der Waals surface area contributed by atoms with Gasteiger partial charge in [-0.05, 0) is 41.8 Å². The van der Waals surface area contributed by atoms with E-state index >= 15 is 0 Å². The van der Waals surface area contributed by atoms with Crippen molar-refractivity contribution in [2.24, 2.45) is 0 Å². The van der Waals surface area contributed by atoms with Gasteiger partial charge in [0, 0.05) is 25.0 Å². The lowest BCUT2D eigenvalue weighted by molar-refractivity contribution is 0.627. The van der Waals surface area contributed by atoms with Crippen molar-refractivity contribution in [3.05, 3.63) is 59.2 Å². The summed E-state index contributed by atoms with van der Waals surface area (Å²) >= 11 is 0. The van der Waals surface area contributed by atoms with Crippen LogP contribution in [0.3, 0.4) is 0 Å². The minimum Gasteiger partial charge on any atom is -0.367 e. The molecule has 1 aliphatic rings. The van der Waals surface area contributed by atoms with Crippen LogP contribution in [0.15, 0.2) is 36.5 Å². The van der Waals surface area contributed by atoms with Crippen molar-refractivity contribution in [2.75, 3.05) is 11.4 Å². The van der Waals surface area contributed by atoms with Gasteiger partial charge in [-0.3, -0.25) is 0 Å². The molecule has 0 N–H and O–H groups in total. The van der Waals surface area contributed by atoms with E-state index in [0.29, 0.717) is 12.2 Å². The highest BCUT2D eigenvalue weighted by Crippen LogP contribution is 2.29. The summed E-state index contributed by atoms with van der Waals surface area (Å²) in [6, 6.07) is 10.6. The average molecular weight is 253 g/mol. The van der Waals surface area contributed by atoms with Crippen molar-refractivity contribution in [1.82, 2.24) is 4.98 Å². The molecular formula is C15H12FN3. The number of pyridine rings is 1. The van der Waals surface area contributed by atoms with E-state index in [4.69, 9.17) is 5.26 Å². The van der Waals surface area contributed by atoms with E-state index < -0.39 is 0 Å². The Morgan fingerprint density at radius 3 is 3.05 bits per heavy atom. The molecule has 1 aliphatic heterocycles. The van der Waals surface area contributed by atoms with Crippen molar-refractivity contribution < 1.29 is 4.39 Å². The highest BCUT2D eigenvalue weighted by atomic mass is 19.1. The molecule has 3 rings (SSSR count). The van der Waals surface area contributed by atoms with Crippen LogP contribution in [-0.2, 0) is 13.0 Å². The van der Waals surface area contributed by atoms with Crippen LogP contribution in [-0.4, -0.2) is 11.5 Å². The third kappa shape index (κ3) is 2.27. The van der Waals surface area contributed by atoms with Gasteiger partial charge in [-0.25, -0.2) is 9.37 Å². The maximum absolute atomic E-state index is 13.3. The minimum atomic E-state index is -0.210. The zero-order chi connectivity index (χ0) is 13.2. The monoisotopic (exact) mass is 253 g/mol. The van der Waals surface area contributed by atoms with Gasteiger partial charge in [0.15, 0.2) is 0 Å². The fourth-order valence-corrected chi connectivity index (χ4v) is 2.44. The second kappa shape index (κ2) is 4.69. The second-order valence-corrected chi connectivity index (χ2v) is 4.61. The van der Waals surface area contributed by atoms with Gasteiger partial charge in [0.05, 0.1) is 0 Å². The van der Waals surface area contributed by atoms with Crippen LogP contribution in [0.25, 0.3) is 0 Å². The predicted octanol–water partition coefficient (Wildman–Crippen LogP) is 2.66. The fourth-order valence-electron chi connectivity index (χ4n) is 2.44. The first-order valence-corrected chi connectivity index (χ1v) is 6.14. The number of benzene rings is 1. The Morgan fingerprint density at radius 2 is 2.21 bits per heavy atom. The number of halogens is 1. The lowest BCUT2D eigenvalue weighted by atomic mass is 10.1. The molecule has 2 aromatic rings. The quantitative estimate of drug-likeness (QED) is 0.826. The maximum atomic E-state index is 13.3. The number of nitrogens with zero attached hydrogens (tertiary/aromatic N) is 3. The van der Waals surface area contributed by atoms with Crippen molar-refractivity contribution in [2.45, 2.75) is 13.0 Å². The number of hydrogen-bond acceptors (Lipinski definition) is 3. The molecule has 3 nitrogen and oxygen atoms in total. The molecule has 0 radical (unpaired) electrons. The van der Waals surface area contributed by atoms with Gasteiger partial charge in [0.2, 0.25) is 0 Å². The van der Waals surface area contributed by atoms with Crippen molar-refractivity contribution in [3.8, 4) is 6.07 Å². The van der Waals surface area contributed by atoms with E-state index in [1.807, 2.05) is 18.2 Å². The third-order valence-electron chi connectivity index (χ3n) is 3.35. The Balaban J connectivity index is 1.86. The van der Waals surface area contributed by atoms with Crippen LogP contribution in [0.5, 0.6) is 0 Å². The Labute approximate surface area is 110 Å².